The van der Waals surface area contributed by atoms with Gasteiger partial charge in [-0.1, -0.05) is 29.3 Å². The van der Waals surface area contributed by atoms with Crippen molar-refractivity contribution in [1.29, 1.82) is 0 Å². The Hall–Kier alpha value is -3.19. The van der Waals surface area contributed by atoms with Crippen LogP contribution in [0.4, 0.5) is 11.4 Å². The molecule has 8 heteroatoms. The molecule has 3 rings (SSSR count). The third-order valence-electron chi connectivity index (χ3n) is 3.40. The fourth-order valence-corrected chi connectivity index (χ4v) is 2.27. The average Bonchev–Trinajstić information content (AvgIpc) is 2.95. The second-order valence-corrected chi connectivity index (χ2v) is 5.63. The number of aromatic nitrogens is 1. The van der Waals surface area contributed by atoms with Gasteiger partial charge >= 0.3 is 5.95 Å². The molecule has 0 aliphatic rings. The summed E-state index contributed by atoms with van der Waals surface area (Å²) in [6.45, 7) is 1.96. The number of aliphatic imine (C=N–C) groups is 1. The number of halogens is 1. The van der Waals surface area contributed by atoms with Crippen molar-refractivity contribution in [2.45, 2.75) is 6.92 Å². The molecule has 0 fully saturated rings. The van der Waals surface area contributed by atoms with E-state index in [0.717, 1.165) is 5.56 Å². The predicted octanol–water partition coefficient (Wildman–Crippen LogP) is 4.67. The van der Waals surface area contributed by atoms with Crippen LogP contribution in [0.2, 0.25) is 5.02 Å². The van der Waals surface area contributed by atoms with Crippen molar-refractivity contribution in [3.05, 3.63) is 68.9 Å². The van der Waals surface area contributed by atoms with Crippen LogP contribution in [0.5, 0.6) is 5.95 Å². The molecule has 0 radical (unpaired) electrons. The van der Waals surface area contributed by atoms with E-state index in [1.807, 2.05) is 31.2 Å². The lowest BCUT2D eigenvalue weighted by Gasteiger charge is -1.96. The Bertz CT molecular complexity index is 965. The second kappa shape index (κ2) is 6.74. The normalized spacial score (nSPS) is 11.1. The van der Waals surface area contributed by atoms with Gasteiger partial charge in [-0.2, -0.15) is 0 Å². The van der Waals surface area contributed by atoms with Gasteiger partial charge in [-0.3, -0.25) is 15.1 Å². The van der Waals surface area contributed by atoms with E-state index in [0.29, 0.717) is 11.3 Å². The van der Waals surface area contributed by atoms with E-state index >= 15 is 0 Å². The molecule has 0 spiro atoms. The van der Waals surface area contributed by atoms with Gasteiger partial charge in [0.2, 0.25) is 5.89 Å². The highest BCUT2D eigenvalue weighted by atomic mass is 35.5. The Morgan fingerprint density at radius 3 is 2.68 bits per heavy atom. The number of nitro benzene ring substituents is 1. The quantitative estimate of drug-likeness (QED) is 0.415. The molecule has 0 amide bonds. The fraction of sp³-hybridized carbons (Fsp3) is 0.0588. The Kier molecular flexibility index (Phi) is 4.49. The van der Waals surface area contributed by atoms with Gasteiger partial charge in [0, 0.05) is 11.6 Å². The maximum Gasteiger partial charge on any atom is 0.312 e. The minimum atomic E-state index is -0.593. The number of benzene rings is 2. The highest BCUT2D eigenvalue weighted by Crippen LogP contribution is 2.29. The number of nitro groups is 1. The number of oxazole rings is 1. The SMILES string of the molecule is Cc1ccc(-c2nc(C=Nc3ccc(Cl)c([N+](=O)[O-])c3)c(O)o2)cc1. The van der Waals surface area contributed by atoms with Crippen molar-refractivity contribution in [2.24, 2.45) is 4.99 Å². The average molecular weight is 358 g/mol. The second-order valence-electron chi connectivity index (χ2n) is 5.23. The molecule has 2 aromatic carbocycles. The highest BCUT2D eigenvalue weighted by molar-refractivity contribution is 6.32. The summed E-state index contributed by atoms with van der Waals surface area (Å²) in [6.07, 6.45) is 1.27. The van der Waals surface area contributed by atoms with Gasteiger partial charge in [0.05, 0.1) is 16.8 Å². The lowest BCUT2D eigenvalue weighted by molar-refractivity contribution is -0.384. The summed E-state index contributed by atoms with van der Waals surface area (Å²) in [7, 11) is 0. The zero-order valence-corrected chi connectivity index (χ0v) is 13.8. The first kappa shape index (κ1) is 16.7. The lowest BCUT2D eigenvalue weighted by Crippen LogP contribution is -1.88. The van der Waals surface area contributed by atoms with Crippen LogP contribution in [0.3, 0.4) is 0 Å². The number of aromatic hydroxyl groups is 1. The van der Waals surface area contributed by atoms with E-state index in [-0.39, 0.29) is 28.2 Å². The Morgan fingerprint density at radius 2 is 2.00 bits per heavy atom. The van der Waals surface area contributed by atoms with Crippen LogP contribution < -0.4 is 0 Å². The van der Waals surface area contributed by atoms with E-state index in [2.05, 4.69) is 9.98 Å². The molecule has 0 saturated carbocycles. The van der Waals surface area contributed by atoms with Crippen LogP contribution in [-0.4, -0.2) is 21.2 Å². The summed E-state index contributed by atoms with van der Waals surface area (Å²) < 4.78 is 5.23. The van der Waals surface area contributed by atoms with Crippen molar-refractivity contribution in [2.75, 3.05) is 0 Å². The smallest absolute Gasteiger partial charge is 0.312 e. The van der Waals surface area contributed by atoms with Crippen LogP contribution >= 0.6 is 11.6 Å². The van der Waals surface area contributed by atoms with E-state index < -0.39 is 4.92 Å². The predicted molar refractivity (Wildman–Crippen MR) is 93.7 cm³/mol. The molecule has 25 heavy (non-hydrogen) atoms. The van der Waals surface area contributed by atoms with Gasteiger partial charge < -0.3 is 9.52 Å². The first-order valence-electron chi connectivity index (χ1n) is 7.19. The van der Waals surface area contributed by atoms with Crippen LogP contribution in [0.15, 0.2) is 51.9 Å². The number of rotatable bonds is 4. The van der Waals surface area contributed by atoms with Gasteiger partial charge in [0.1, 0.15) is 5.02 Å². The summed E-state index contributed by atoms with van der Waals surface area (Å²) in [5.74, 6) is -0.135. The standard InChI is InChI=1S/C17H12ClN3O4/c1-10-2-4-11(5-3-10)16-20-14(17(22)25-16)9-19-12-6-7-13(18)15(8-12)21(23)24/h2-9,22H,1H3. The van der Waals surface area contributed by atoms with Crippen molar-refractivity contribution in [3.63, 3.8) is 0 Å². The summed E-state index contributed by atoms with van der Waals surface area (Å²) in [6, 6.07) is 11.6. The first-order chi connectivity index (χ1) is 11.9. The van der Waals surface area contributed by atoms with E-state index in [4.69, 9.17) is 16.0 Å². The third kappa shape index (κ3) is 3.67. The summed E-state index contributed by atoms with van der Waals surface area (Å²) >= 11 is 5.75. The molecular weight excluding hydrogens is 346 g/mol. The monoisotopic (exact) mass is 357 g/mol. The molecule has 1 heterocycles. The molecule has 0 bridgehead atoms. The summed E-state index contributed by atoms with van der Waals surface area (Å²) in [5.41, 5.74) is 1.97. The molecule has 1 aromatic heterocycles. The number of hydrogen-bond acceptors (Lipinski definition) is 6. The molecular formula is C17H12ClN3O4. The fourth-order valence-electron chi connectivity index (χ4n) is 2.08. The maximum atomic E-state index is 10.9. The largest absolute Gasteiger partial charge is 0.479 e. The Labute approximate surface area is 147 Å². The van der Waals surface area contributed by atoms with Gasteiger partial charge in [-0.15, -0.1) is 0 Å². The third-order valence-corrected chi connectivity index (χ3v) is 3.71. The maximum absolute atomic E-state index is 10.9. The lowest BCUT2D eigenvalue weighted by atomic mass is 10.1. The van der Waals surface area contributed by atoms with Gasteiger partial charge in [-0.05, 0) is 31.2 Å². The molecule has 7 nitrogen and oxygen atoms in total. The van der Waals surface area contributed by atoms with E-state index in [1.54, 1.807) is 0 Å². The Balaban J connectivity index is 1.88. The molecule has 1 N–H and O–H groups in total. The van der Waals surface area contributed by atoms with Crippen molar-refractivity contribution >= 4 is 29.2 Å². The summed E-state index contributed by atoms with van der Waals surface area (Å²) in [5, 5.41) is 20.8. The van der Waals surface area contributed by atoms with Crippen molar-refractivity contribution < 1.29 is 14.4 Å². The van der Waals surface area contributed by atoms with Gasteiger partial charge in [-0.25, -0.2) is 4.98 Å². The number of aryl methyl sites for hydroxylation is 1. The molecule has 0 unspecified atom stereocenters. The highest BCUT2D eigenvalue weighted by Gasteiger charge is 2.14. The number of hydrogen-bond donors (Lipinski definition) is 1. The van der Waals surface area contributed by atoms with Crippen molar-refractivity contribution in [1.82, 2.24) is 4.98 Å². The van der Waals surface area contributed by atoms with E-state index in [1.165, 1.54) is 24.4 Å². The van der Waals surface area contributed by atoms with Crippen LogP contribution in [0, 0.1) is 17.0 Å². The molecule has 0 atom stereocenters. The van der Waals surface area contributed by atoms with E-state index in [9.17, 15) is 15.2 Å². The molecule has 126 valence electrons. The zero-order chi connectivity index (χ0) is 18.0. The van der Waals surface area contributed by atoms with Crippen LogP contribution in [0.1, 0.15) is 11.3 Å². The topological polar surface area (TPSA) is 102 Å². The van der Waals surface area contributed by atoms with Crippen LogP contribution in [-0.2, 0) is 0 Å². The van der Waals surface area contributed by atoms with Gasteiger partial charge in [0.15, 0.2) is 5.69 Å². The zero-order valence-electron chi connectivity index (χ0n) is 13.0. The van der Waals surface area contributed by atoms with Crippen LogP contribution in [0.25, 0.3) is 11.5 Å². The first-order valence-corrected chi connectivity index (χ1v) is 7.56. The molecule has 0 aliphatic heterocycles. The number of nitrogens with zero attached hydrogens (tertiary/aromatic N) is 3. The minimum Gasteiger partial charge on any atom is -0.479 e. The summed E-state index contributed by atoms with van der Waals surface area (Å²) in [4.78, 5) is 18.5. The van der Waals surface area contributed by atoms with Crippen molar-refractivity contribution in [3.8, 4) is 17.4 Å². The molecule has 0 saturated heterocycles. The molecule has 0 aliphatic carbocycles. The molecule has 3 aromatic rings. The minimum absolute atomic E-state index is 0.0230. The Morgan fingerprint density at radius 1 is 1.28 bits per heavy atom. The van der Waals surface area contributed by atoms with Gasteiger partial charge in [0.25, 0.3) is 5.69 Å².